The lowest BCUT2D eigenvalue weighted by atomic mass is 10.1. The zero-order valence-corrected chi connectivity index (χ0v) is 21.5. The average Bonchev–Trinajstić information content (AvgIpc) is 2.79. The van der Waals surface area contributed by atoms with Crippen molar-refractivity contribution in [3.8, 4) is 17.2 Å². The van der Waals surface area contributed by atoms with E-state index in [0.29, 0.717) is 24.3 Å². The molecular weight excluding hydrogens is 428 g/mol. The van der Waals surface area contributed by atoms with E-state index in [1.54, 1.807) is 18.2 Å². The molecule has 1 N–H and O–H groups in total. The van der Waals surface area contributed by atoms with Crippen LogP contribution in [0.2, 0.25) is 0 Å². The molecule has 0 aliphatic rings. The van der Waals surface area contributed by atoms with E-state index in [2.05, 4.69) is 39.8 Å². The predicted octanol–water partition coefficient (Wildman–Crippen LogP) is 8.09. The number of hydrogen-bond donors (Lipinski definition) is 1. The SMILES string of the molecule is CCCCCCCCCCOc1c(O)c2ccc(OCC=C(C)CCC=C(C)C)cc2oc1=O. The van der Waals surface area contributed by atoms with Gasteiger partial charge in [0.15, 0.2) is 5.75 Å². The van der Waals surface area contributed by atoms with Gasteiger partial charge in [0, 0.05) is 6.07 Å². The van der Waals surface area contributed by atoms with Crippen LogP contribution < -0.4 is 15.1 Å². The molecule has 0 saturated heterocycles. The minimum Gasteiger partial charge on any atom is -0.504 e. The molecule has 1 aromatic carbocycles. The Morgan fingerprint density at radius 2 is 1.68 bits per heavy atom. The Hall–Kier alpha value is -2.69. The number of benzene rings is 1. The molecule has 2 rings (SSSR count). The lowest BCUT2D eigenvalue weighted by Crippen LogP contribution is -2.08. The summed E-state index contributed by atoms with van der Waals surface area (Å²) in [4.78, 5) is 12.4. The van der Waals surface area contributed by atoms with Crippen molar-refractivity contribution < 1.29 is 19.0 Å². The zero-order valence-electron chi connectivity index (χ0n) is 21.5. The molecule has 188 valence electrons. The van der Waals surface area contributed by atoms with Crippen LogP contribution in [0.1, 0.15) is 91.9 Å². The van der Waals surface area contributed by atoms with Gasteiger partial charge in [-0.05, 0) is 58.2 Å². The maximum atomic E-state index is 12.4. The molecule has 0 aliphatic heterocycles. The molecule has 0 atom stereocenters. The molecule has 0 aliphatic carbocycles. The number of hydrogen-bond acceptors (Lipinski definition) is 5. The molecule has 0 fully saturated rings. The first-order valence-electron chi connectivity index (χ1n) is 12.8. The van der Waals surface area contributed by atoms with Gasteiger partial charge in [-0.25, -0.2) is 4.79 Å². The quantitative estimate of drug-likeness (QED) is 0.152. The van der Waals surface area contributed by atoms with Crippen molar-refractivity contribution in [1.82, 2.24) is 0 Å². The van der Waals surface area contributed by atoms with Gasteiger partial charge < -0.3 is 19.0 Å². The van der Waals surface area contributed by atoms with E-state index >= 15 is 0 Å². The maximum absolute atomic E-state index is 12.4. The van der Waals surface area contributed by atoms with Gasteiger partial charge in [-0.2, -0.15) is 0 Å². The fourth-order valence-corrected chi connectivity index (χ4v) is 3.75. The topological polar surface area (TPSA) is 68.9 Å². The van der Waals surface area contributed by atoms with Crippen molar-refractivity contribution in [2.75, 3.05) is 13.2 Å². The first-order valence-corrected chi connectivity index (χ1v) is 12.8. The minimum absolute atomic E-state index is 0.112. The largest absolute Gasteiger partial charge is 0.504 e. The molecule has 2 aromatic rings. The first-order chi connectivity index (χ1) is 16.4. The van der Waals surface area contributed by atoms with Crippen LogP contribution in [0.25, 0.3) is 11.0 Å². The summed E-state index contributed by atoms with van der Waals surface area (Å²) in [5, 5.41) is 11.0. The average molecular weight is 471 g/mol. The molecule has 5 heteroatoms. The molecule has 0 bridgehead atoms. The Morgan fingerprint density at radius 3 is 2.38 bits per heavy atom. The molecule has 1 heterocycles. The third kappa shape index (κ3) is 9.66. The summed E-state index contributed by atoms with van der Waals surface area (Å²) in [7, 11) is 0. The summed E-state index contributed by atoms with van der Waals surface area (Å²) in [5.41, 5.74) is 2.20. The lowest BCUT2D eigenvalue weighted by Gasteiger charge is -2.10. The third-order valence-electron chi connectivity index (χ3n) is 5.83. The monoisotopic (exact) mass is 470 g/mol. The van der Waals surface area contributed by atoms with Crippen molar-refractivity contribution in [3.05, 3.63) is 51.9 Å². The lowest BCUT2D eigenvalue weighted by molar-refractivity contribution is 0.275. The highest BCUT2D eigenvalue weighted by Gasteiger charge is 2.16. The van der Waals surface area contributed by atoms with E-state index in [0.717, 1.165) is 25.7 Å². The minimum atomic E-state index is -0.670. The fraction of sp³-hybridized carbons (Fsp3) is 0.552. The summed E-state index contributed by atoms with van der Waals surface area (Å²) in [6.07, 6.45) is 15.7. The summed E-state index contributed by atoms with van der Waals surface area (Å²) in [6.45, 7) is 9.34. The second kappa shape index (κ2) is 15.3. The summed E-state index contributed by atoms with van der Waals surface area (Å²) in [5.74, 6) is 0.294. The predicted molar refractivity (Wildman–Crippen MR) is 140 cm³/mol. The Kier molecular flexibility index (Phi) is 12.4. The van der Waals surface area contributed by atoms with E-state index < -0.39 is 5.63 Å². The standard InChI is InChI=1S/C29H42O5/c1-5-6-7-8-9-10-11-12-19-33-28-27(30)25-17-16-24(21-26(25)34-29(28)31)32-20-18-23(4)15-13-14-22(2)3/h14,16-18,21,30H,5-13,15,19-20H2,1-4H3. The van der Waals surface area contributed by atoms with Gasteiger partial charge in [-0.15, -0.1) is 0 Å². The number of ether oxygens (including phenoxy) is 2. The third-order valence-corrected chi connectivity index (χ3v) is 5.83. The van der Waals surface area contributed by atoms with Crippen molar-refractivity contribution in [2.45, 2.75) is 91.9 Å². The fourth-order valence-electron chi connectivity index (χ4n) is 3.75. The highest BCUT2D eigenvalue weighted by atomic mass is 16.5. The van der Waals surface area contributed by atoms with Crippen LogP contribution in [0.3, 0.4) is 0 Å². The summed E-state index contributed by atoms with van der Waals surface area (Å²) in [6, 6.07) is 5.08. The molecule has 0 saturated carbocycles. The molecule has 0 radical (unpaired) electrons. The summed E-state index contributed by atoms with van der Waals surface area (Å²) >= 11 is 0. The molecular formula is C29H42O5. The van der Waals surface area contributed by atoms with Crippen LogP contribution in [0.4, 0.5) is 0 Å². The first kappa shape index (κ1) is 27.6. The van der Waals surface area contributed by atoms with Crippen LogP contribution in [0, 0.1) is 0 Å². The van der Waals surface area contributed by atoms with Crippen molar-refractivity contribution in [2.24, 2.45) is 0 Å². The number of fused-ring (bicyclic) bond motifs is 1. The van der Waals surface area contributed by atoms with Gasteiger partial charge in [-0.1, -0.05) is 69.1 Å². The van der Waals surface area contributed by atoms with Gasteiger partial charge in [0.2, 0.25) is 5.75 Å². The molecule has 0 amide bonds. The number of unbranched alkanes of at least 4 members (excludes halogenated alkanes) is 7. The number of rotatable bonds is 16. The highest BCUT2D eigenvalue weighted by Crippen LogP contribution is 2.33. The normalized spacial score (nSPS) is 11.6. The van der Waals surface area contributed by atoms with E-state index in [1.807, 2.05) is 0 Å². The van der Waals surface area contributed by atoms with Crippen molar-refractivity contribution in [1.29, 1.82) is 0 Å². The van der Waals surface area contributed by atoms with E-state index in [-0.39, 0.29) is 17.1 Å². The Balaban J connectivity index is 1.87. The second-order valence-electron chi connectivity index (χ2n) is 9.23. The van der Waals surface area contributed by atoms with Crippen LogP contribution in [-0.2, 0) is 0 Å². The van der Waals surface area contributed by atoms with E-state index in [1.165, 1.54) is 49.7 Å². The van der Waals surface area contributed by atoms with Crippen LogP contribution in [-0.4, -0.2) is 18.3 Å². The molecule has 34 heavy (non-hydrogen) atoms. The van der Waals surface area contributed by atoms with E-state index in [9.17, 15) is 9.90 Å². The Bertz CT molecular complexity index is 995. The van der Waals surface area contributed by atoms with Gasteiger partial charge in [-0.3, -0.25) is 0 Å². The molecule has 0 spiro atoms. The van der Waals surface area contributed by atoms with Crippen LogP contribution in [0.15, 0.2) is 50.7 Å². The van der Waals surface area contributed by atoms with Gasteiger partial charge >= 0.3 is 5.63 Å². The maximum Gasteiger partial charge on any atom is 0.383 e. The van der Waals surface area contributed by atoms with Crippen molar-refractivity contribution >= 4 is 11.0 Å². The summed E-state index contributed by atoms with van der Waals surface area (Å²) < 4.78 is 16.8. The number of aromatic hydroxyl groups is 1. The molecule has 5 nitrogen and oxygen atoms in total. The van der Waals surface area contributed by atoms with Gasteiger partial charge in [0.05, 0.1) is 12.0 Å². The molecule has 1 aromatic heterocycles. The zero-order chi connectivity index (χ0) is 24.8. The smallest absolute Gasteiger partial charge is 0.383 e. The Morgan fingerprint density at radius 1 is 0.971 bits per heavy atom. The van der Waals surface area contributed by atoms with Gasteiger partial charge in [0.1, 0.15) is 17.9 Å². The van der Waals surface area contributed by atoms with Crippen LogP contribution >= 0.6 is 0 Å². The van der Waals surface area contributed by atoms with Gasteiger partial charge in [0.25, 0.3) is 0 Å². The second-order valence-corrected chi connectivity index (χ2v) is 9.23. The highest BCUT2D eigenvalue weighted by molar-refractivity contribution is 5.86. The van der Waals surface area contributed by atoms with E-state index in [4.69, 9.17) is 13.9 Å². The number of allylic oxidation sites excluding steroid dienone is 3. The Labute approximate surface area is 204 Å². The molecule has 0 unspecified atom stereocenters. The van der Waals surface area contributed by atoms with Crippen LogP contribution in [0.5, 0.6) is 17.2 Å². The van der Waals surface area contributed by atoms with Crippen molar-refractivity contribution in [3.63, 3.8) is 0 Å².